The molecule has 0 radical (unpaired) electrons. The first-order valence-corrected chi connectivity index (χ1v) is 29.1. The maximum Gasteiger partial charge on any atom is 0.308 e. The summed E-state index contributed by atoms with van der Waals surface area (Å²) in [5, 5.41) is 17.6. The second-order valence-corrected chi connectivity index (χ2v) is 23.5. The Bertz CT molecular complexity index is 2660. The van der Waals surface area contributed by atoms with Crippen LogP contribution in [0.1, 0.15) is 141 Å². The molecule has 80 heavy (non-hydrogen) atoms. The average molecular weight is 1100 g/mol. The van der Waals surface area contributed by atoms with Crippen molar-refractivity contribution in [3.8, 4) is 11.5 Å². The molecule has 0 unspecified atom stereocenters. The van der Waals surface area contributed by atoms with Gasteiger partial charge in [0.15, 0.2) is 28.8 Å². The van der Waals surface area contributed by atoms with E-state index < -0.39 is 35.3 Å². The topological polar surface area (TPSA) is 214 Å². The quantitative estimate of drug-likeness (QED) is 0.0172. The number of benzene rings is 3. The van der Waals surface area contributed by atoms with Crippen molar-refractivity contribution >= 4 is 41.0 Å². The third-order valence-corrected chi connectivity index (χ3v) is 15.2. The van der Waals surface area contributed by atoms with Crippen LogP contribution in [0, 0.1) is 29.1 Å². The highest BCUT2D eigenvalue weighted by atomic mass is 16.6. The lowest BCUT2D eigenvalue weighted by Gasteiger charge is -2.41. The Hall–Kier alpha value is -6.59. The molecule has 6 rings (SSSR count). The lowest BCUT2D eigenvalue weighted by Crippen LogP contribution is -2.57. The third-order valence-electron chi connectivity index (χ3n) is 15.2. The molecule has 434 valence electrons. The molecule has 3 amide bonds. The number of aryl methyl sites for hydroxylation is 2. The number of nitrogens with one attached hydrogen (secondary N) is 3. The number of amides is 3. The van der Waals surface area contributed by atoms with E-state index in [2.05, 4.69) is 26.3 Å². The number of hydrogen-bond acceptors (Lipinski definition) is 12. The number of carbonyl (C=O) groups excluding carboxylic acids is 7. The van der Waals surface area contributed by atoms with Gasteiger partial charge >= 0.3 is 5.97 Å². The van der Waals surface area contributed by atoms with Crippen molar-refractivity contribution < 1.29 is 52.3 Å². The zero-order chi connectivity index (χ0) is 57.7. The molecule has 0 spiro atoms. The number of quaternary nitrogens is 1. The Kier molecular flexibility index (Phi) is 24.1. The summed E-state index contributed by atoms with van der Waals surface area (Å²) in [6.45, 7) is 17.1. The van der Waals surface area contributed by atoms with E-state index in [1.54, 1.807) is 16.9 Å². The summed E-state index contributed by atoms with van der Waals surface area (Å²) in [4.78, 5) is 96.5. The number of hydrogen-bond donors (Lipinski definition) is 3. The predicted octanol–water partition coefficient (Wildman–Crippen LogP) is 8.28. The molecule has 1 aliphatic carbocycles. The molecular formula is C63H88N7O10+. The van der Waals surface area contributed by atoms with Crippen molar-refractivity contribution in [2.75, 3.05) is 39.4 Å². The first kappa shape index (κ1) is 62.6. The van der Waals surface area contributed by atoms with Crippen molar-refractivity contribution in [1.29, 1.82) is 0 Å². The van der Waals surface area contributed by atoms with Gasteiger partial charge in [0.05, 0.1) is 31.5 Å². The Morgan fingerprint density at radius 3 is 2.08 bits per heavy atom. The summed E-state index contributed by atoms with van der Waals surface area (Å²) in [7, 11) is 0. The maximum atomic E-state index is 14.8. The Morgan fingerprint density at radius 1 is 0.775 bits per heavy atom. The highest BCUT2D eigenvalue weighted by Gasteiger charge is 2.48. The molecule has 2 fully saturated rings. The largest absolute Gasteiger partial charge is 0.483 e. The third kappa shape index (κ3) is 20.5. The minimum Gasteiger partial charge on any atom is -0.483 e. The van der Waals surface area contributed by atoms with E-state index in [1.165, 1.54) is 6.92 Å². The monoisotopic (exact) mass is 1100 g/mol. The number of carbonyl (C=O) groups is 7. The Labute approximate surface area is 473 Å². The van der Waals surface area contributed by atoms with Crippen LogP contribution in [-0.2, 0) is 70.8 Å². The van der Waals surface area contributed by atoms with Crippen molar-refractivity contribution in [3.05, 3.63) is 107 Å². The number of morpholine rings is 1. The van der Waals surface area contributed by atoms with Gasteiger partial charge in [-0.2, -0.15) is 0 Å². The number of unbranched alkanes of at least 4 members (excludes halogenated alkanes) is 1. The molecule has 4 aromatic rings. The molecule has 4 atom stereocenters. The number of aromatic nitrogens is 3. The fraction of sp³-hybridized carbons (Fsp3) is 0.571. The van der Waals surface area contributed by atoms with E-state index in [-0.39, 0.29) is 85.1 Å². The summed E-state index contributed by atoms with van der Waals surface area (Å²) < 4.78 is 19.7. The minimum absolute atomic E-state index is 0.00967. The van der Waals surface area contributed by atoms with Crippen LogP contribution in [0.4, 0.5) is 0 Å². The second kappa shape index (κ2) is 30.8. The van der Waals surface area contributed by atoms with Crippen molar-refractivity contribution in [3.63, 3.8) is 0 Å². The number of rotatable bonds is 35. The van der Waals surface area contributed by atoms with E-state index in [0.29, 0.717) is 100 Å². The number of esters is 1. The number of Topliss-reactive ketones (excluding diaryl/α,β-unsaturated/α-hetero) is 3. The Balaban J connectivity index is 1.17. The predicted molar refractivity (Wildman–Crippen MR) is 305 cm³/mol. The normalized spacial score (nSPS) is 16.0. The van der Waals surface area contributed by atoms with Crippen LogP contribution in [0.3, 0.4) is 0 Å². The van der Waals surface area contributed by atoms with E-state index in [9.17, 15) is 33.6 Å². The summed E-state index contributed by atoms with van der Waals surface area (Å²) in [5.41, 5.74) is 2.85. The zero-order valence-electron chi connectivity index (χ0n) is 48.5. The average Bonchev–Trinajstić information content (AvgIpc) is 4.02. The van der Waals surface area contributed by atoms with Crippen molar-refractivity contribution in [1.82, 2.24) is 30.9 Å². The lowest BCUT2D eigenvalue weighted by molar-refractivity contribution is -0.940. The minimum atomic E-state index is -0.918. The molecule has 1 aliphatic heterocycles. The van der Waals surface area contributed by atoms with Gasteiger partial charge < -0.3 is 34.6 Å². The molecule has 0 bridgehead atoms. The molecular weight excluding hydrogens is 1010 g/mol. The second-order valence-electron chi connectivity index (χ2n) is 23.5. The van der Waals surface area contributed by atoms with Gasteiger partial charge in [-0.25, -0.2) is 0 Å². The van der Waals surface area contributed by atoms with E-state index in [1.807, 2.05) is 114 Å². The number of nitrogens with zero attached hydrogens (tertiary/aromatic N) is 4. The van der Waals surface area contributed by atoms with E-state index >= 15 is 0 Å². The maximum absolute atomic E-state index is 14.8. The number of ketones is 3. The molecule has 1 saturated carbocycles. The summed E-state index contributed by atoms with van der Waals surface area (Å²) >= 11 is 0. The van der Waals surface area contributed by atoms with Crippen LogP contribution in [0.15, 0.2) is 85.1 Å². The van der Waals surface area contributed by atoms with Gasteiger partial charge in [-0.3, -0.25) is 38.2 Å². The van der Waals surface area contributed by atoms with Crippen LogP contribution in [0.25, 0.3) is 0 Å². The standard InChI is InChI=1S/C63H87N7O10/c1-8-28-64-59(74)21-15-16-29-69-40-52(67-68-69)43-79-58-37-49(23-25-57(58)80-46(6)71)41-70(30-32-78-33-31-70)42-53(72)38-50(24-22-47-17-11-9-12-18-47)61(76)65-54(34-44(2)3)56(73)39-51(36-48-19-13-10-14-20-48)62(77)66-55(35-45(4)5)60(75)63(7)26-27-63/h9-14,17-20,23,25,37,40,44-45,50-51,54-55H,8,15-16,21-22,24,26-36,38-39,41-43H2,1-7H3,(H2-,64,65,66,74,76,77)/p+1/t50-,51-,54+,55+/m1/s1. The van der Waals surface area contributed by atoms with Crippen LogP contribution in [0.5, 0.6) is 11.5 Å². The van der Waals surface area contributed by atoms with Crippen LogP contribution >= 0.6 is 0 Å². The number of ether oxygens (including phenoxy) is 3. The highest BCUT2D eigenvalue weighted by Crippen LogP contribution is 2.47. The first-order valence-electron chi connectivity index (χ1n) is 29.1. The molecule has 3 aromatic carbocycles. The van der Waals surface area contributed by atoms with Crippen LogP contribution in [0.2, 0.25) is 0 Å². The van der Waals surface area contributed by atoms with Crippen molar-refractivity contribution in [2.45, 2.75) is 164 Å². The molecule has 1 aromatic heterocycles. The molecule has 17 nitrogen and oxygen atoms in total. The highest BCUT2D eigenvalue weighted by molar-refractivity contribution is 5.97. The molecule has 3 N–H and O–H groups in total. The fourth-order valence-electron chi connectivity index (χ4n) is 10.5. The molecule has 17 heteroatoms. The lowest BCUT2D eigenvalue weighted by atomic mass is 9.87. The molecule has 2 aliphatic rings. The summed E-state index contributed by atoms with van der Waals surface area (Å²) in [6.07, 6.45) is 7.97. The van der Waals surface area contributed by atoms with Crippen LogP contribution < -0.4 is 25.4 Å². The fourth-order valence-corrected chi connectivity index (χ4v) is 10.5. The van der Waals surface area contributed by atoms with E-state index in [4.69, 9.17) is 14.2 Å². The van der Waals surface area contributed by atoms with Crippen LogP contribution in [-0.4, -0.2) is 112 Å². The van der Waals surface area contributed by atoms with Gasteiger partial charge in [0.25, 0.3) is 0 Å². The Morgan fingerprint density at radius 2 is 1.43 bits per heavy atom. The van der Waals surface area contributed by atoms with Gasteiger partial charge in [0.1, 0.15) is 38.5 Å². The van der Waals surface area contributed by atoms with Gasteiger partial charge in [-0.1, -0.05) is 107 Å². The smallest absolute Gasteiger partial charge is 0.308 e. The van der Waals surface area contributed by atoms with Gasteiger partial charge in [-0.15, -0.1) is 5.10 Å². The summed E-state index contributed by atoms with van der Waals surface area (Å²) in [6, 6.07) is 23.1. The zero-order valence-corrected chi connectivity index (χ0v) is 48.5. The molecule has 1 saturated heterocycles. The first-order chi connectivity index (χ1) is 38.3. The van der Waals surface area contributed by atoms with E-state index in [0.717, 1.165) is 42.4 Å². The van der Waals surface area contributed by atoms with Gasteiger partial charge in [0.2, 0.25) is 17.7 Å². The van der Waals surface area contributed by atoms with Gasteiger partial charge in [0, 0.05) is 62.1 Å². The van der Waals surface area contributed by atoms with Crippen molar-refractivity contribution in [2.24, 2.45) is 29.1 Å². The summed E-state index contributed by atoms with van der Waals surface area (Å²) in [5.74, 6) is -2.40. The van der Waals surface area contributed by atoms with Gasteiger partial charge in [-0.05, 0) is 105 Å². The molecule has 2 heterocycles. The SMILES string of the molecule is CCCNC(=O)CCCCn1cc(COc2cc(C[N+]3(CC(=O)C[C@@H](CCc4ccccc4)C(=O)N[C@@H](CC(C)C)C(=O)C[C@@H](Cc4ccccc4)C(=O)N[C@@H](CC(C)C)C(=O)C4(C)CC4)CCOCC3)ccc2OC(C)=O)nn1.